The fourth-order valence-corrected chi connectivity index (χ4v) is 5.16. The van der Waals surface area contributed by atoms with Crippen LogP contribution in [0.1, 0.15) is 32.0 Å². The largest absolute Gasteiger partial charge is 0.489 e. The topological polar surface area (TPSA) is 155 Å². The van der Waals surface area contributed by atoms with Gasteiger partial charge in [-0.1, -0.05) is 0 Å². The predicted molar refractivity (Wildman–Crippen MR) is 146 cm³/mol. The molecule has 12 heteroatoms. The summed E-state index contributed by atoms with van der Waals surface area (Å²) >= 11 is 0. The zero-order valence-corrected chi connectivity index (χ0v) is 21.9. The highest BCUT2D eigenvalue weighted by molar-refractivity contribution is 7.89. The van der Waals surface area contributed by atoms with E-state index in [2.05, 4.69) is 20.6 Å². The molecule has 4 N–H and O–H groups in total. The predicted octanol–water partition coefficient (Wildman–Crippen LogP) is 2.49. The first-order valence-electron chi connectivity index (χ1n) is 11.9. The summed E-state index contributed by atoms with van der Waals surface area (Å²) in [6, 6.07) is 15.0. The van der Waals surface area contributed by atoms with E-state index in [-0.39, 0.29) is 18.8 Å². The molecular formula is C27H25N5O6S. The standard InChI is InChI=1S/C27H25N5O6S/c1-28-27(35)23-9-16(10-25(33)31-23)13-30-26(34)18-3-6-24-21(12-18)19(14-32(24)39(2,36)37)15-38-20-4-5-22-17(11-20)7-8-29-22/h3-12,14,29H,13,15H2,1-2H3,(H,28,35)(H,30,34)(H,31,33). The maximum absolute atomic E-state index is 13.0. The van der Waals surface area contributed by atoms with Crippen molar-refractivity contribution >= 4 is 43.6 Å². The lowest BCUT2D eigenvalue weighted by atomic mass is 10.1. The van der Waals surface area contributed by atoms with Gasteiger partial charge in [-0.3, -0.25) is 14.4 Å². The molecular weight excluding hydrogens is 522 g/mol. The van der Waals surface area contributed by atoms with Gasteiger partial charge in [-0.05, 0) is 54.1 Å². The van der Waals surface area contributed by atoms with E-state index in [1.807, 2.05) is 30.5 Å². The zero-order chi connectivity index (χ0) is 27.7. The minimum atomic E-state index is -3.62. The molecule has 0 aliphatic rings. The summed E-state index contributed by atoms with van der Waals surface area (Å²) in [5.74, 6) is -0.273. The van der Waals surface area contributed by atoms with E-state index in [0.29, 0.717) is 33.3 Å². The van der Waals surface area contributed by atoms with Crippen LogP contribution in [0.2, 0.25) is 0 Å². The molecule has 0 atom stereocenters. The number of H-pyrrole nitrogens is 2. The number of rotatable bonds is 8. The molecule has 0 radical (unpaired) electrons. The second-order valence-corrected chi connectivity index (χ2v) is 10.8. The summed E-state index contributed by atoms with van der Waals surface area (Å²) in [6.07, 6.45) is 4.43. The number of pyridine rings is 1. The van der Waals surface area contributed by atoms with E-state index in [0.717, 1.165) is 21.1 Å². The van der Waals surface area contributed by atoms with Crippen molar-refractivity contribution in [1.82, 2.24) is 24.6 Å². The molecule has 5 rings (SSSR count). The van der Waals surface area contributed by atoms with Gasteiger partial charge in [-0.25, -0.2) is 12.4 Å². The minimum absolute atomic E-state index is 0.00668. The number of carbonyl (C=O) groups excluding carboxylic acids is 2. The lowest BCUT2D eigenvalue weighted by Gasteiger charge is -2.08. The Hall–Kier alpha value is -4.84. The number of aromatic nitrogens is 3. The average molecular weight is 548 g/mol. The van der Waals surface area contributed by atoms with Gasteiger partial charge in [0.2, 0.25) is 15.6 Å². The molecule has 0 aliphatic carbocycles. The second-order valence-electron chi connectivity index (χ2n) is 8.99. The Balaban J connectivity index is 1.40. The van der Waals surface area contributed by atoms with E-state index >= 15 is 0 Å². The smallest absolute Gasteiger partial charge is 0.267 e. The summed E-state index contributed by atoms with van der Waals surface area (Å²) in [7, 11) is -2.17. The van der Waals surface area contributed by atoms with Crippen LogP contribution in [0.15, 0.2) is 71.8 Å². The molecule has 0 saturated carbocycles. The van der Waals surface area contributed by atoms with Gasteiger partial charge in [0.25, 0.3) is 11.8 Å². The maximum atomic E-state index is 13.0. The second kappa shape index (κ2) is 10.1. The SMILES string of the molecule is CNC(=O)c1cc(CNC(=O)c2ccc3c(c2)c(COc2ccc4[nH]ccc4c2)cn3S(C)(=O)=O)cc(=O)[nH]1. The van der Waals surface area contributed by atoms with Crippen molar-refractivity contribution in [2.75, 3.05) is 13.3 Å². The first-order chi connectivity index (χ1) is 18.6. The maximum Gasteiger partial charge on any atom is 0.267 e. The summed E-state index contributed by atoms with van der Waals surface area (Å²) in [4.78, 5) is 42.3. The van der Waals surface area contributed by atoms with Crippen LogP contribution in [0.25, 0.3) is 21.8 Å². The first-order valence-corrected chi connectivity index (χ1v) is 13.8. The van der Waals surface area contributed by atoms with Crippen LogP contribution in [0.5, 0.6) is 5.75 Å². The van der Waals surface area contributed by atoms with Crippen molar-refractivity contribution < 1.29 is 22.7 Å². The van der Waals surface area contributed by atoms with Gasteiger partial charge in [0.1, 0.15) is 18.1 Å². The summed E-state index contributed by atoms with van der Waals surface area (Å²) in [6.45, 7) is 0.0851. The van der Waals surface area contributed by atoms with Gasteiger partial charge in [-0.2, -0.15) is 0 Å². The fraction of sp³-hybridized carbons (Fsp3) is 0.148. The Morgan fingerprint density at radius 1 is 1.03 bits per heavy atom. The number of benzene rings is 2. The minimum Gasteiger partial charge on any atom is -0.489 e. The van der Waals surface area contributed by atoms with Crippen LogP contribution in [0.3, 0.4) is 0 Å². The lowest BCUT2D eigenvalue weighted by Crippen LogP contribution is -2.26. The van der Waals surface area contributed by atoms with E-state index in [1.165, 1.54) is 31.4 Å². The molecule has 39 heavy (non-hydrogen) atoms. The Bertz CT molecular complexity index is 1900. The molecule has 0 saturated heterocycles. The highest BCUT2D eigenvalue weighted by Crippen LogP contribution is 2.27. The molecule has 0 aliphatic heterocycles. The zero-order valence-electron chi connectivity index (χ0n) is 21.1. The third-order valence-corrected chi connectivity index (χ3v) is 7.24. The van der Waals surface area contributed by atoms with Crippen molar-refractivity contribution in [3.63, 3.8) is 0 Å². The highest BCUT2D eigenvalue weighted by atomic mass is 32.2. The van der Waals surface area contributed by atoms with Gasteiger partial charge in [0.15, 0.2) is 0 Å². The Morgan fingerprint density at radius 3 is 2.62 bits per heavy atom. The fourth-order valence-electron chi connectivity index (χ4n) is 4.32. The number of fused-ring (bicyclic) bond motifs is 2. The summed E-state index contributed by atoms with van der Waals surface area (Å²) in [5, 5.41) is 6.70. The number of nitrogens with zero attached hydrogens (tertiary/aromatic N) is 1. The lowest BCUT2D eigenvalue weighted by molar-refractivity contribution is 0.0948. The third kappa shape index (κ3) is 5.41. The molecule has 2 aromatic carbocycles. The van der Waals surface area contributed by atoms with E-state index < -0.39 is 27.4 Å². The van der Waals surface area contributed by atoms with Crippen LogP contribution in [-0.4, -0.2) is 47.5 Å². The van der Waals surface area contributed by atoms with Crippen molar-refractivity contribution in [3.8, 4) is 5.75 Å². The first kappa shape index (κ1) is 25.8. The average Bonchev–Trinajstić information content (AvgIpc) is 3.53. The quantitative estimate of drug-likeness (QED) is 0.234. The molecule has 2 amide bonds. The van der Waals surface area contributed by atoms with Crippen molar-refractivity contribution in [2.45, 2.75) is 13.2 Å². The molecule has 11 nitrogen and oxygen atoms in total. The van der Waals surface area contributed by atoms with Crippen LogP contribution in [-0.2, 0) is 23.2 Å². The van der Waals surface area contributed by atoms with Crippen LogP contribution in [0, 0.1) is 0 Å². The van der Waals surface area contributed by atoms with E-state index in [4.69, 9.17) is 4.74 Å². The Kier molecular flexibility index (Phi) is 6.71. The summed E-state index contributed by atoms with van der Waals surface area (Å²) < 4.78 is 32.0. The normalized spacial score (nSPS) is 11.5. The molecule has 0 unspecified atom stereocenters. The number of carbonyl (C=O) groups is 2. The van der Waals surface area contributed by atoms with Crippen LogP contribution >= 0.6 is 0 Å². The summed E-state index contributed by atoms with van der Waals surface area (Å²) in [5.41, 5.74) is 2.32. The third-order valence-electron chi connectivity index (χ3n) is 6.22. The highest BCUT2D eigenvalue weighted by Gasteiger charge is 2.18. The monoisotopic (exact) mass is 547 g/mol. The molecule has 0 spiro atoms. The Morgan fingerprint density at radius 2 is 1.85 bits per heavy atom. The molecule has 5 aromatic rings. The van der Waals surface area contributed by atoms with Gasteiger partial charge < -0.3 is 25.3 Å². The van der Waals surface area contributed by atoms with Gasteiger partial charge in [-0.15, -0.1) is 0 Å². The number of nitrogens with one attached hydrogen (secondary N) is 4. The molecule has 3 aromatic heterocycles. The number of aromatic amines is 2. The molecule has 3 heterocycles. The van der Waals surface area contributed by atoms with Gasteiger partial charge in [0, 0.05) is 59.5 Å². The Labute approximate surface area is 222 Å². The van der Waals surface area contributed by atoms with Crippen LogP contribution < -0.4 is 20.9 Å². The number of amides is 2. The molecule has 0 bridgehead atoms. The number of hydrogen-bond acceptors (Lipinski definition) is 6. The van der Waals surface area contributed by atoms with Crippen molar-refractivity contribution in [2.24, 2.45) is 0 Å². The number of hydrogen-bond donors (Lipinski definition) is 4. The molecule has 200 valence electrons. The van der Waals surface area contributed by atoms with Crippen LogP contribution in [0.4, 0.5) is 0 Å². The van der Waals surface area contributed by atoms with Gasteiger partial charge in [0.05, 0.1) is 11.8 Å². The van der Waals surface area contributed by atoms with E-state index in [1.54, 1.807) is 12.1 Å². The number of ether oxygens (including phenoxy) is 1. The van der Waals surface area contributed by atoms with Crippen molar-refractivity contribution in [3.05, 3.63) is 99.7 Å². The van der Waals surface area contributed by atoms with Crippen molar-refractivity contribution in [1.29, 1.82) is 0 Å². The molecule has 0 fully saturated rings. The van der Waals surface area contributed by atoms with E-state index in [9.17, 15) is 22.8 Å². The van der Waals surface area contributed by atoms with Gasteiger partial charge >= 0.3 is 0 Å².